The first-order chi connectivity index (χ1) is 20.1. The molecule has 2 aromatic carbocycles. The van der Waals surface area contributed by atoms with Gasteiger partial charge in [-0.2, -0.15) is 0 Å². The molecule has 2 aromatic heterocycles. The van der Waals surface area contributed by atoms with Crippen LogP contribution in [0.2, 0.25) is 0 Å². The highest BCUT2D eigenvalue weighted by Crippen LogP contribution is 2.21. The Balaban J connectivity index is 1.56. The number of fused-ring (bicyclic) bond motifs is 2. The Labute approximate surface area is 242 Å². The van der Waals surface area contributed by atoms with Gasteiger partial charge in [-0.25, -0.2) is 4.79 Å². The van der Waals surface area contributed by atoms with Crippen molar-refractivity contribution in [3.05, 3.63) is 72.1 Å². The number of carboxylic acids is 1. The first-order valence-electron chi connectivity index (χ1n) is 13.7. The number of carbonyl (C=O) groups excluding carboxylic acids is 3. The Hall–Kier alpha value is -4.68. The zero-order chi connectivity index (χ0) is 30.4. The summed E-state index contributed by atoms with van der Waals surface area (Å²) in [4.78, 5) is 57.7. The van der Waals surface area contributed by atoms with E-state index in [0.717, 1.165) is 21.8 Å². The number of hydrogen-bond donors (Lipinski definition) is 8. The van der Waals surface area contributed by atoms with Crippen LogP contribution in [0.15, 0.2) is 60.9 Å². The Morgan fingerprint density at radius 3 is 1.69 bits per heavy atom. The number of para-hydroxylation sites is 2. The number of aliphatic hydroxyl groups excluding tert-OH is 1. The highest BCUT2D eigenvalue weighted by atomic mass is 16.4. The number of nitrogens with two attached hydrogens (primary N) is 1. The molecule has 0 radical (unpaired) electrons. The zero-order valence-electron chi connectivity index (χ0n) is 23.4. The van der Waals surface area contributed by atoms with E-state index in [0.29, 0.717) is 11.1 Å². The monoisotopic (exact) mass is 576 g/mol. The molecule has 9 N–H and O–H groups in total. The smallest absolute Gasteiger partial charge is 0.326 e. The number of aliphatic carboxylic acids is 1. The van der Waals surface area contributed by atoms with E-state index in [1.54, 1.807) is 26.2 Å². The quantitative estimate of drug-likeness (QED) is 0.116. The van der Waals surface area contributed by atoms with Gasteiger partial charge in [-0.1, -0.05) is 50.2 Å². The molecular formula is C30H36N6O6. The number of H-pyrrole nitrogens is 2. The number of benzene rings is 2. The molecule has 0 aliphatic rings. The van der Waals surface area contributed by atoms with Crippen LogP contribution < -0.4 is 21.7 Å². The van der Waals surface area contributed by atoms with Gasteiger partial charge in [0, 0.05) is 47.0 Å². The van der Waals surface area contributed by atoms with Crippen LogP contribution in [0.5, 0.6) is 0 Å². The molecule has 2 heterocycles. The van der Waals surface area contributed by atoms with Gasteiger partial charge >= 0.3 is 5.97 Å². The van der Waals surface area contributed by atoms with E-state index < -0.39 is 54.5 Å². The molecule has 0 bridgehead atoms. The van der Waals surface area contributed by atoms with Crippen molar-refractivity contribution in [3.63, 3.8) is 0 Å². The van der Waals surface area contributed by atoms with Gasteiger partial charge in [0.2, 0.25) is 17.7 Å². The molecule has 0 saturated heterocycles. The largest absolute Gasteiger partial charge is 0.480 e. The second-order valence-electron chi connectivity index (χ2n) is 10.6. The molecule has 4 aromatic rings. The van der Waals surface area contributed by atoms with Crippen molar-refractivity contribution in [1.29, 1.82) is 0 Å². The van der Waals surface area contributed by atoms with Gasteiger partial charge in [-0.05, 0) is 29.2 Å². The Morgan fingerprint density at radius 1 is 0.738 bits per heavy atom. The minimum absolute atomic E-state index is 0.00124. The SMILES string of the molecule is CC(C)C(N)C(=O)NC(CO)C(=O)NC(Cc1c[nH]c2ccccc12)C(=O)NC(Cc1c[nH]c2ccccc12)C(=O)O. The number of carboxylic acid groups (broad SMARTS) is 1. The van der Waals surface area contributed by atoms with Crippen molar-refractivity contribution in [2.24, 2.45) is 11.7 Å². The third-order valence-electron chi connectivity index (χ3n) is 7.28. The molecule has 4 atom stereocenters. The highest BCUT2D eigenvalue weighted by molar-refractivity contribution is 5.95. The van der Waals surface area contributed by atoms with Crippen LogP contribution in [0.3, 0.4) is 0 Å². The van der Waals surface area contributed by atoms with E-state index in [1.165, 1.54) is 0 Å². The van der Waals surface area contributed by atoms with Gasteiger partial charge in [0.05, 0.1) is 12.6 Å². The van der Waals surface area contributed by atoms with Gasteiger partial charge in [0.25, 0.3) is 0 Å². The molecule has 0 spiro atoms. The van der Waals surface area contributed by atoms with Crippen LogP contribution >= 0.6 is 0 Å². The van der Waals surface area contributed by atoms with Crippen LogP contribution in [0.1, 0.15) is 25.0 Å². The number of carbonyl (C=O) groups is 4. The van der Waals surface area contributed by atoms with Crippen LogP contribution in [0.4, 0.5) is 0 Å². The van der Waals surface area contributed by atoms with E-state index in [1.807, 2.05) is 48.5 Å². The van der Waals surface area contributed by atoms with Gasteiger partial charge in [0.15, 0.2) is 0 Å². The maximum atomic E-state index is 13.6. The highest BCUT2D eigenvalue weighted by Gasteiger charge is 2.31. The van der Waals surface area contributed by atoms with Crippen molar-refractivity contribution in [2.45, 2.75) is 50.9 Å². The summed E-state index contributed by atoms with van der Waals surface area (Å²) in [7, 11) is 0. The molecule has 12 heteroatoms. The molecule has 0 saturated carbocycles. The second kappa shape index (κ2) is 13.3. The van der Waals surface area contributed by atoms with E-state index in [4.69, 9.17) is 5.73 Å². The maximum Gasteiger partial charge on any atom is 0.326 e. The number of aromatic nitrogens is 2. The van der Waals surface area contributed by atoms with Crippen molar-refractivity contribution in [1.82, 2.24) is 25.9 Å². The van der Waals surface area contributed by atoms with Crippen molar-refractivity contribution >= 4 is 45.5 Å². The second-order valence-corrected chi connectivity index (χ2v) is 10.6. The fourth-order valence-electron chi connectivity index (χ4n) is 4.76. The van der Waals surface area contributed by atoms with Crippen molar-refractivity contribution in [3.8, 4) is 0 Å². The van der Waals surface area contributed by atoms with E-state index in [9.17, 15) is 29.4 Å². The lowest BCUT2D eigenvalue weighted by Gasteiger charge is -2.25. The summed E-state index contributed by atoms with van der Waals surface area (Å²) in [6.07, 6.45) is 3.43. The molecule has 0 aliphatic carbocycles. The molecule has 3 amide bonds. The number of hydrogen-bond acceptors (Lipinski definition) is 6. The van der Waals surface area contributed by atoms with Gasteiger partial charge in [0.1, 0.15) is 18.1 Å². The first kappa shape index (κ1) is 30.3. The molecule has 222 valence electrons. The average molecular weight is 577 g/mol. The Kier molecular flexibility index (Phi) is 9.60. The standard InChI is InChI=1S/C30H36N6O6/c1-16(2)26(31)29(40)36-25(15-37)28(39)34-23(11-17-13-32-21-9-5-3-7-19(17)21)27(38)35-24(30(41)42)12-18-14-33-22-10-6-4-8-20(18)22/h3-10,13-14,16,23-26,32-33,37H,11-12,15,31H2,1-2H3,(H,34,39)(H,35,38)(H,36,40)(H,41,42). The topological polar surface area (TPSA) is 202 Å². The third kappa shape index (κ3) is 6.96. The van der Waals surface area contributed by atoms with E-state index in [2.05, 4.69) is 25.9 Å². The fraction of sp³-hybridized carbons (Fsp3) is 0.333. The van der Waals surface area contributed by atoms with Gasteiger partial charge in [-0.3, -0.25) is 14.4 Å². The number of aromatic amines is 2. The molecule has 0 aliphatic heterocycles. The number of rotatable bonds is 13. The Bertz CT molecular complexity index is 1580. The number of amides is 3. The van der Waals surface area contributed by atoms with E-state index in [-0.39, 0.29) is 18.8 Å². The van der Waals surface area contributed by atoms with E-state index >= 15 is 0 Å². The zero-order valence-corrected chi connectivity index (χ0v) is 23.4. The molecule has 12 nitrogen and oxygen atoms in total. The van der Waals surface area contributed by atoms with Crippen LogP contribution in [-0.4, -0.2) is 74.6 Å². The molecule has 42 heavy (non-hydrogen) atoms. The van der Waals surface area contributed by atoms with Crippen LogP contribution in [-0.2, 0) is 32.0 Å². The summed E-state index contributed by atoms with van der Waals surface area (Å²) in [6.45, 7) is 2.76. The molecular weight excluding hydrogens is 540 g/mol. The molecule has 0 fully saturated rings. The average Bonchev–Trinajstić information content (AvgIpc) is 3.58. The summed E-state index contributed by atoms with van der Waals surface area (Å²) in [5.41, 5.74) is 8.95. The Morgan fingerprint density at radius 2 is 1.19 bits per heavy atom. The van der Waals surface area contributed by atoms with Crippen molar-refractivity contribution < 1.29 is 29.4 Å². The lowest BCUT2D eigenvalue weighted by molar-refractivity contribution is -0.142. The number of nitrogens with one attached hydrogen (secondary N) is 5. The van der Waals surface area contributed by atoms with Gasteiger partial charge in [-0.15, -0.1) is 0 Å². The first-order valence-corrected chi connectivity index (χ1v) is 13.7. The summed E-state index contributed by atoms with van der Waals surface area (Å²) < 4.78 is 0. The maximum absolute atomic E-state index is 13.6. The normalized spacial score (nSPS) is 14.3. The van der Waals surface area contributed by atoms with Crippen LogP contribution in [0.25, 0.3) is 21.8 Å². The summed E-state index contributed by atoms with van der Waals surface area (Å²) >= 11 is 0. The third-order valence-corrected chi connectivity index (χ3v) is 7.28. The number of aliphatic hydroxyl groups is 1. The van der Waals surface area contributed by atoms with Crippen molar-refractivity contribution in [2.75, 3.05) is 6.61 Å². The molecule has 4 rings (SSSR count). The summed E-state index contributed by atoms with van der Waals surface area (Å²) in [6, 6.07) is 10.0. The van der Waals surface area contributed by atoms with Gasteiger partial charge < -0.3 is 41.9 Å². The summed E-state index contributed by atoms with van der Waals surface area (Å²) in [5.74, 6) is -3.62. The molecule has 4 unspecified atom stereocenters. The minimum Gasteiger partial charge on any atom is -0.480 e. The lowest BCUT2D eigenvalue weighted by atomic mass is 10.0. The fourth-order valence-corrected chi connectivity index (χ4v) is 4.76. The minimum atomic E-state index is -1.37. The summed E-state index contributed by atoms with van der Waals surface area (Å²) in [5, 5.41) is 29.1. The van der Waals surface area contributed by atoms with Crippen LogP contribution in [0, 0.1) is 5.92 Å². The predicted molar refractivity (Wildman–Crippen MR) is 157 cm³/mol. The predicted octanol–water partition coefficient (Wildman–Crippen LogP) is 0.949. The lowest BCUT2D eigenvalue weighted by Crippen LogP contribution is -2.59.